The van der Waals surface area contributed by atoms with Gasteiger partial charge >= 0.3 is 0 Å². The Morgan fingerprint density at radius 2 is 1.77 bits per heavy atom. The molecule has 1 amide bonds. The zero-order valence-corrected chi connectivity index (χ0v) is 22.7. The number of ether oxygens (including phenoxy) is 3. The zero-order valence-electron chi connectivity index (χ0n) is 22.7. The van der Waals surface area contributed by atoms with Crippen molar-refractivity contribution in [2.45, 2.75) is 37.8 Å². The van der Waals surface area contributed by atoms with Crippen molar-refractivity contribution >= 4 is 5.91 Å². The number of rotatable bonds is 9. The molecule has 5 rings (SSSR count). The summed E-state index contributed by atoms with van der Waals surface area (Å²) in [6.07, 6.45) is 0.732. The van der Waals surface area contributed by atoms with Crippen LogP contribution in [0.3, 0.4) is 0 Å². The van der Waals surface area contributed by atoms with E-state index >= 15 is 0 Å². The van der Waals surface area contributed by atoms with Crippen molar-refractivity contribution in [3.8, 4) is 23.0 Å². The second-order valence-corrected chi connectivity index (χ2v) is 10.4. The van der Waals surface area contributed by atoms with Gasteiger partial charge < -0.3 is 34.0 Å². The maximum absolute atomic E-state index is 12.9. The molecule has 2 aliphatic rings. The first kappa shape index (κ1) is 27.3. The monoisotopic (exact) mass is 551 g/mol. The van der Waals surface area contributed by atoms with E-state index < -0.39 is 23.0 Å². The van der Waals surface area contributed by atoms with Gasteiger partial charge in [0.2, 0.25) is 17.1 Å². The number of likely N-dealkylation sites (tertiary alicyclic amines) is 1. The van der Waals surface area contributed by atoms with E-state index in [-0.39, 0.29) is 29.6 Å². The molecule has 0 unspecified atom stereocenters. The summed E-state index contributed by atoms with van der Waals surface area (Å²) in [5.41, 5.74) is 6.43. The predicted octanol–water partition coefficient (Wildman–Crippen LogP) is 2.16. The summed E-state index contributed by atoms with van der Waals surface area (Å²) in [5.74, 6) is -0.351. The van der Waals surface area contributed by atoms with E-state index in [1.165, 1.54) is 27.4 Å². The average molecular weight is 552 g/mol. The van der Waals surface area contributed by atoms with Crippen LogP contribution in [0.25, 0.3) is 0 Å². The molecule has 3 aromatic rings. The van der Waals surface area contributed by atoms with Crippen LogP contribution in [0.4, 0.5) is 0 Å². The number of aromatic nitrogens is 1. The lowest BCUT2D eigenvalue weighted by Gasteiger charge is -2.42. The minimum Gasteiger partial charge on any atom is -0.502 e. The summed E-state index contributed by atoms with van der Waals surface area (Å²) in [6.45, 7) is 2.38. The molecule has 0 aliphatic carbocycles. The molecule has 1 saturated heterocycles. The molecule has 4 heterocycles. The predicted molar refractivity (Wildman–Crippen MR) is 145 cm³/mol. The van der Waals surface area contributed by atoms with Crippen LogP contribution >= 0.6 is 0 Å². The highest BCUT2D eigenvalue weighted by molar-refractivity contribution is 5.76. The summed E-state index contributed by atoms with van der Waals surface area (Å²) >= 11 is 0. The van der Waals surface area contributed by atoms with Crippen molar-refractivity contribution in [1.29, 1.82) is 0 Å². The maximum atomic E-state index is 12.9. The number of piperidine rings is 1. The van der Waals surface area contributed by atoms with Crippen molar-refractivity contribution in [3.63, 3.8) is 0 Å². The van der Waals surface area contributed by atoms with E-state index in [4.69, 9.17) is 24.4 Å². The molecule has 2 bridgehead atoms. The third kappa shape index (κ3) is 5.16. The number of primary amides is 1. The van der Waals surface area contributed by atoms with Crippen molar-refractivity contribution in [2.75, 3.05) is 34.4 Å². The summed E-state index contributed by atoms with van der Waals surface area (Å²) in [4.78, 5) is 39.7. The van der Waals surface area contributed by atoms with Gasteiger partial charge in [-0.25, -0.2) is 0 Å². The summed E-state index contributed by atoms with van der Waals surface area (Å²) < 4.78 is 24.4. The smallest absolute Gasteiger partial charge is 0.250 e. The van der Waals surface area contributed by atoms with Gasteiger partial charge in [0.15, 0.2) is 17.3 Å². The van der Waals surface area contributed by atoms with Crippen molar-refractivity contribution in [2.24, 2.45) is 11.7 Å². The fraction of sp³-hybridized carbons (Fsp3) is 0.414. The summed E-state index contributed by atoms with van der Waals surface area (Å²) in [5, 5.41) is 10.8. The summed E-state index contributed by atoms with van der Waals surface area (Å²) in [7, 11) is 4.41. The average Bonchev–Trinajstić information content (AvgIpc) is 2.93. The Hall–Kier alpha value is -4.25. The van der Waals surface area contributed by atoms with Crippen LogP contribution in [0.1, 0.15) is 47.5 Å². The number of nitrogens with zero attached hydrogens (tertiary/aromatic N) is 2. The lowest BCUT2D eigenvalue weighted by atomic mass is 9.83. The quantitative estimate of drug-likeness (QED) is 0.408. The Kier molecular flexibility index (Phi) is 7.57. The molecule has 40 heavy (non-hydrogen) atoms. The molecule has 2 aromatic heterocycles. The summed E-state index contributed by atoms with van der Waals surface area (Å²) in [6, 6.07) is 9.86. The lowest BCUT2D eigenvalue weighted by Crippen LogP contribution is -2.46. The molecule has 2 aliphatic heterocycles. The van der Waals surface area contributed by atoms with Gasteiger partial charge in [-0.1, -0.05) is 6.07 Å². The Morgan fingerprint density at radius 3 is 2.48 bits per heavy atom. The maximum Gasteiger partial charge on any atom is 0.250 e. The molecule has 3 atom stereocenters. The SMILES string of the molecule is COc1cc(OC)c([C@H](CC(N)=O)c2oc(CN3C[C@H]4C[C@@H](C3)c3cccc(=O)n3C4)cc(=O)c2O)cc1OC. The van der Waals surface area contributed by atoms with Gasteiger partial charge in [0.05, 0.1) is 33.8 Å². The number of carbonyl (C=O) groups is 1. The van der Waals surface area contributed by atoms with Crippen LogP contribution in [-0.2, 0) is 17.9 Å². The first-order chi connectivity index (χ1) is 19.2. The molecular formula is C29H33N3O8. The first-order valence-electron chi connectivity index (χ1n) is 13.1. The van der Waals surface area contributed by atoms with Gasteiger partial charge in [-0.2, -0.15) is 0 Å². The third-order valence-electron chi connectivity index (χ3n) is 7.77. The largest absolute Gasteiger partial charge is 0.502 e. The number of aromatic hydroxyl groups is 1. The molecule has 3 N–H and O–H groups in total. The van der Waals surface area contributed by atoms with Crippen LogP contribution in [0.5, 0.6) is 23.0 Å². The zero-order chi connectivity index (χ0) is 28.6. The highest BCUT2D eigenvalue weighted by atomic mass is 16.5. The molecule has 0 radical (unpaired) electrons. The third-order valence-corrected chi connectivity index (χ3v) is 7.77. The van der Waals surface area contributed by atoms with Crippen LogP contribution < -0.4 is 30.9 Å². The van der Waals surface area contributed by atoms with E-state index in [0.29, 0.717) is 48.2 Å². The first-order valence-corrected chi connectivity index (χ1v) is 13.1. The van der Waals surface area contributed by atoms with Crippen LogP contribution in [-0.4, -0.2) is 54.9 Å². The van der Waals surface area contributed by atoms with E-state index in [1.54, 1.807) is 24.3 Å². The molecule has 0 spiro atoms. The number of hydrogen-bond acceptors (Lipinski definition) is 9. The highest BCUT2D eigenvalue weighted by Gasteiger charge is 2.35. The van der Waals surface area contributed by atoms with Crippen molar-refractivity contribution in [3.05, 3.63) is 79.8 Å². The number of carbonyl (C=O) groups excluding carboxylic acids is 1. The molecule has 1 aromatic carbocycles. The fourth-order valence-electron chi connectivity index (χ4n) is 6.08. The van der Waals surface area contributed by atoms with E-state index in [1.807, 2.05) is 10.6 Å². The molecule has 11 heteroatoms. The Labute approximate surface area is 230 Å². The molecule has 11 nitrogen and oxygen atoms in total. The number of benzene rings is 1. The molecule has 1 fully saturated rings. The lowest BCUT2D eigenvalue weighted by molar-refractivity contribution is -0.118. The number of methoxy groups -OCH3 is 3. The topological polar surface area (TPSA) is 146 Å². The number of nitrogens with two attached hydrogens (primary N) is 1. The van der Waals surface area contributed by atoms with Gasteiger partial charge in [0, 0.05) is 61.4 Å². The van der Waals surface area contributed by atoms with Gasteiger partial charge in [-0.3, -0.25) is 19.3 Å². The van der Waals surface area contributed by atoms with Gasteiger partial charge in [-0.15, -0.1) is 0 Å². The van der Waals surface area contributed by atoms with E-state index in [9.17, 15) is 19.5 Å². The normalized spacial score (nSPS) is 19.0. The van der Waals surface area contributed by atoms with E-state index in [0.717, 1.165) is 18.7 Å². The Bertz CT molecular complexity index is 1550. The van der Waals surface area contributed by atoms with Gasteiger partial charge in [0.25, 0.3) is 5.56 Å². The van der Waals surface area contributed by atoms with Gasteiger partial charge in [0.1, 0.15) is 11.5 Å². The number of pyridine rings is 1. The van der Waals surface area contributed by atoms with Crippen LogP contribution in [0.15, 0.2) is 50.4 Å². The number of fused-ring (bicyclic) bond motifs is 4. The van der Waals surface area contributed by atoms with Crippen molar-refractivity contribution in [1.82, 2.24) is 9.47 Å². The standard InChI is InChI=1S/C29H33N3O8/c1-37-23-11-25(39-3)24(38-2)9-19(23)20(10-26(30)34)29-28(36)22(33)8-18(40-29)15-31-12-16-7-17(14-31)21-5-4-6-27(35)32(21)13-16/h4-6,8-9,11,16-17,20,36H,7,10,12-15H2,1-3H3,(H2,30,34)/t16-,17+,20+/m1/s1. The minimum atomic E-state index is -0.931. The Morgan fingerprint density at radius 1 is 1.05 bits per heavy atom. The Balaban J connectivity index is 1.50. The van der Waals surface area contributed by atoms with E-state index in [2.05, 4.69) is 4.90 Å². The number of hydrogen-bond donors (Lipinski definition) is 2. The van der Waals surface area contributed by atoms with Crippen LogP contribution in [0, 0.1) is 5.92 Å². The second kappa shape index (κ2) is 11.1. The van der Waals surface area contributed by atoms with Crippen molar-refractivity contribution < 1.29 is 28.5 Å². The highest BCUT2D eigenvalue weighted by Crippen LogP contribution is 2.43. The molecule has 212 valence electrons. The minimum absolute atomic E-state index is 0.0147. The second-order valence-electron chi connectivity index (χ2n) is 10.4. The fourth-order valence-corrected chi connectivity index (χ4v) is 6.08. The molecule has 0 saturated carbocycles. The molecular weight excluding hydrogens is 518 g/mol. The van der Waals surface area contributed by atoms with Gasteiger partial charge in [-0.05, 0) is 24.5 Å². The van der Waals surface area contributed by atoms with Crippen LogP contribution in [0.2, 0.25) is 0 Å². The number of amides is 1.